The summed E-state index contributed by atoms with van der Waals surface area (Å²) in [6, 6.07) is 14.1. The first-order valence-corrected chi connectivity index (χ1v) is 10.1. The van der Waals surface area contributed by atoms with E-state index in [2.05, 4.69) is 5.10 Å². The number of carbonyl (C=O) groups excluding carboxylic acids is 3. The maximum atomic E-state index is 13.1. The molecule has 0 N–H and O–H groups in total. The molecule has 0 saturated heterocycles. The molecule has 31 heavy (non-hydrogen) atoms. The molecule has 0 saturated carbocycles. The van der Waals surface area contributed by atoms with Crippen LogP contribution in [0.15, 0.2) is 48.5 Å². The van der Waals surface area contributed by atoms with Crippen molar-refractivity contribution >= 4 is 28.4 Å². The fourth-order valence-electron chi connectivity index (χ4n) is 3.32. The van der Waals surface area contributed by atoms with Crippen molar-refractivity contribution in [1.82, 2.24) is 9.78 Å². The molecule has 0 amide bonds. The lowest BCUT2D eigenvalue weighted by atomic mass is 9.84. The minimum Gasteiger partial charge on any atom is -0.497 e. The van der Waals surface area contributed by atoms with Gasteiger partial charge in [-0.15, -0.1) is 0 Å². The molecule has 1 heterocycles. The summed E-state index contributed by atoms with van der Waals surface area (Å²) in [5.41, 5.74) is 0.449. The number of ether oxygens (including phenoxy) is 2. The molecule has 7 nitrogen and oxygen atoms in total. The molecule has 1 aromatic heterocycles. The molecular formula is C24H26N2O5. The van der Waals surface area contributed by atoms with E-state index in [1.54, 1.807) is 70.3 Å². The van der Waals surface area contributed by atoms with Crippen LogP contribution in [0.5, 0.6) is 5.75 Å². The molecule has 7 heteroatoms. The molecule has 0 atom stereocenters. The molecular weight excluding hydrogens is 396 g/mol. The van der Waals surface area contributed by atoms with Crippen molar-refractivity contribution in [2.75, 3.05) is 13.7 Å². The lowest BCUT2D eigenvalue weighted by Gasteiger charge is -2.22. The number of esters is 1. The highest BCUT2D eigenvalue weighted by atomic mass is 16.5. The lowest BCUT2D eigenvalue weighted by molar-refractivity contribution is -0.148. The average molecular weight is 422 g/mol. The van der Waals surface area contributed by atoms with Crippen molar-refractivity contribution < 1.29 is 23.9 Å². The topological polar surface area (TPSA) is 87.5 Å². The van der Waals surface area contributed by atoms with Gasteiger partial charge in [-0.05, 0) is 19.1 Å². The van der Waals surface area contributed by atoms with Gasteiger partial charge < -0.3 is 9.47 Å². The highest BCUT2D eigenvalue weighted by molar-refractivity contribution is 6.15. The number of methoxy groups -OCH3 is 1. The van der Waals surface area contributed by atoms with Gasteiger partial charge in [0.05, 0.1) is 25.7 Å². The number of hydrogen-bond acceptors (Lipinski definition) is 6. The Morgan fingerprint density at radius 1 is 1.06 bits per heavy atom. The van der Waals surface area contributed by atoms with Crippen LogP contribution in [-0.2, 0) is 20.9 Å². The highest BCUT2D eigenvalue weighted by Gasteiger charge is 2.32. The van der Waals surface area contributed by atoms with Crippen LogP contribution in [0.4, 0.5) is 0 Å². The maximum Gasteiger partial charge on any atom is 0.306 e. The first-order chi connectivity index (χ1) is 14.8. The summed E-state index contributed by atoms with van der Waals surface area (Å²) in [5, 5.41) is 5.11. The van der Waals surface area contributed by atoms with E-state index in [0.29, 0.717) is 22.2 Å². The zero-order chi connectivity index (χ0) is 22.6. The van der Waals surface area contributed by atoms with E-state index in [4.69, 9.17) is 9.47 Å². The van der Waals surface area contributed by atoms with Crippen LogP contribution in [0.2, 0.25) is 0 Å². The van der Waals surface area contributed by atoms with E-state index >= 15 is 0 Å². The van der Waals surface area contributed by atoms with Crippen molar-refractivity contribution in [1.29, 1.82) is 0 Å². The molecule has 2 aromatic carbocycles. The smallest absolute Gasteiger partial charge is 0.306 e. The van der Waals surface area contributed by atoms with E-state index < -0.39 is 11.4 Å². The number of ketones is 2. The number of fused-ring (bicyclic) bond motifs is 1. The van der Waals surface area contributed by atoms with Gasteiger partial charge in [0.2, 0.25) is 5.78 Å². The zero-order valence-corrected chi connectivity index (χ0v) is 18.2. The number of aromatic nitrogens is 2. The monoisotopic (exact) mass is 422 g/mol. The molecule has 0 aliphatic rings. The molecule has 0 unspecified atom stereocenters. The summed E-state index contributed by atoms with van der Waals surface area (Å²) < 4.78 is 11.8. The third-order valence-electron chi connectivity index (χ3n) is 5.15. The number of nitrogens with zero attached hydrogens (tertiary/aromatic N) is 2. The van der Waals surface area contributed by atoms with Crippen LogP contribution in [0.25, 0.3) is 10.9 Å². The van der Waals surface area contributed by atoms with E-state index in [0.717, 1.165) is 0 Å². The van der Waals surface area contributed by atoms with E-state index in [1.807, 2.05) is 6.07 Å². The number of Topliss-reactive ketones (excluding diaryl/α,β-unsaturated/α-hetero) is 1. The van der Waals surface area contributed by atoms with Gasteiger partial charge in [-0.3, -0.25) is 19.1 Å². The highest BCUT2D eigenvalue weighted by Crippen LogP contribution is 2.28. The fraction of sp³-hybridized carbons (Fsp3) is 0.333. The molecule has 0 aliphatic carbocycles. The Kier molecular flexibility index (Phi) is 6.53. The first kappa shape index (κ1) is 22.2. The average Bonchev–Trinajstić information content (AvgIpc) is 3.11. The van der Waals surface area contributed by atoms with Gasteiger partial charge in [-0.25, -0.2) is 0 Å². The largest absolute Gasteiger partial charge is 0.497 e. The van der Waals surface area contributed by atoms with E-state index in [1.165, 1.54) is 4.68 Å². The fourth-order valence-corrected chi connectivity index (χ4v) is 3.32. The second-order valence-corrected chi connectivity index (χ2v) is 7.87. The summed E-state index contributed by atoms with van der Waals surface area (Å²) >= 11 is 0. The van der Waals surface area contributed by atoms with E-state index in [9.17, 15) is 14.4 Å². The Hall–Kier alpha value is -3.48. The molecule has 162 valence electrons. The minimum absolute atomic E-state index is 0.0298. The Labute approximate surface area is 181 Å². The van der Waals surface area contributed by atoms with Gasteiger partial charge in [0.25, 0.3) is 0 Å². The summed E-state index contributed by atoms with van der Waals surface area (Å²) in [4.78, 5) is 38.0. The Morgan fingerprint density at radius 3 is 2.42 bits per heavy atom. The molecule has 0 bridgehead atoms. The lowest BCUT2D eigenvalue weighted by Crippen LogP contribution is -2.31. The Morgan fingerprint density at radius 2 is 1.77 bits per heavy atom. The van der Waals surface area contributed by atoms with Gasteiger partial charge in [-0.2, -0.15) is 5.10 Å². The number of rotatable bonds is 9. The maximum absolute atomic E-state index is 13.1. The second-order valence-electron chi connectivity index (χ2n) is 7.87. The van der Waals surface area contributed by atoms with Crippen LogP contribution >= 0.6 is 0 Å². The Balaban J connectivity index is 1.99. The SMILES string of the molecule is CCOC(=O)CC(C)(C)C(=O)Cn1nc(C(=O)c2ccccc2)c2ccc(OC)cc21. The third kappa shape index (κ3) is 4.82. The van der Waals surface area contributed by atoms with Crippen LogP contribution in [0.1, 0.15) is 43.2 Å². The summed E-state index contributed by atoms with van der Waals surface area (Å²) in [6.45, 7) is 5.31. The molecule has 3 aromatic rings. The van der Waals surface area contributed by atoms with Gasteiger partial charge >= 0.3 is 5.97 Å². The zero-order valence-electron chi connectivity index (χ0n) is 18.2. The van der Waals surface area contributed by atoms with Crippen molar-refractivity contribution in [2.45, 2.75) is 33.7 Å². The molecule has 0 aliphatic heterocycles. The number of hydrogen-bond donors (Lipinski definition) is 0. The van der Waals surface area contributed by atoms with Gasteiger partial charge in [0.15, 0.2) is 5.78 Å². The van der Waals surface area contributed by atoms with Gasteiger partial charge in [-0.1, -0.05) is 44.2 Å². The number of carbonyl (C=O) groups is 3. The van der Waals surface area contributed by atoms with Crippen molar-refractivity contribution in [3.63, 3.8) is 0 Å². The summed E-state index contributed by atoms with van der Waals surface area (Å²) in [5.74, 6) is -0.252. The third-order valence-corrected chi connectivity index (χ3v) is 5.15. The first-order valence-electron chi connectivity index (χ1n) is 10.1. The summed E-state index contributed by atoms with van der Waals surface area (Å²) in [7, 11) is 1.55. The van der Waals surface area contributed by atoms with Crippen molar-refractivity contribution in [2.24, 2.45) is 5.41 Å². The number of benzene rings is 2. The van der Waals surface area contributed by atoms with Crippen LogP contribution in [0, 0.1) is 5.41 Å². The van der Waals surface area contributed by atoms with Gasteiger partial charge in [0.1, 0.15) is 18.0 Å². The molecule has 0 fully saturated rings. The van der Waals surface area contributed by atoms with Crippen molar-refractivity contribution in [3.05, 3.63) is 59.8 Å². The van der Waals surface area contributed by atoms with Crippen LogP contribution in [0.3, 0.4) is 0 Å². The Bertz CT molecular complexity index is 1120. The molecule has 0 radical (unpaired) electrons. The van der Waals surface area contributed by atoms with Crippen LogP contribution in [-0.4, -0.2) is 41.0 Å². The predicted octanol–water partition coefficient (Wildman–Crippen LogP) is 3.82. The van der Waals surface area contributed by atoms with Crippen molar-refractivity contribution in [3.8, 4) is 5.75 Å². The summed E-state index contributed by atoms with van der Waals surface area (Å²) in [6.07, 6.45) is -0.0298. The normalized spacial score (nSPS) is 11.4. The minimum atomic E-state index is -0.938. The molecule has 3 rings (SSSR count). The molecule has 0 spiro atoms. The van der Waals surface area contributed by atoms with E-state index in [-0.39, 0.29) is 36.8 Å². The van der Waals surface area contributed by atoms with Gasteiger partial charge in [0, 0.05) is 22.4 Å². The van der Waals surface area contributed by atoms with Crippen LogP contribution < -0.4 is 4.74 Å². The predicted molar refractivity (Wildman–Crippen MR) is 116 cm³/mol. The quantitative estimate of drug-likeness (QED) is 0.385. The second kappa shape index (κ2) is 9.12. The standard InChI is InChI=1S/C24H26N2O5/c1-5-31-21(28)14-24(2,3)20(27)15-26-19-13-17(30-4)11-12-18(19)22(25-26)23(29)16-9-7-6-8-10-16/h6-13H,5,14-15H2,1-4H3.